The van der Waals surface area contributed by atoms with Crippen molar-refractivity contribution < 1.29 is 14.0 Å². The molecule has 0 unspecified atom stereocenters. The fourth-order valence-corrected chi connectivity index (χ4v) is 4.35. The Kier molecular flexibility index (Phi) is 4.68. The number of halogens is 1. The van der Waals surface area contributed by atoms with Gasteiger partial charge in [-0.15, -0.1) is 0 Å². The van der Waals surface area contributed by atoms with Crippen molar-refractivity contribution >= 4 is 17.5 Å². The molecule has 2 atom stereocenters. The molecule has 4 nitrogen and oxygen atoms in total. The number of carbonyl (C=O) groups excluding carboxylic acids is 2. The monoisotopic (exact) mass is 366 g/mol. The lowest BCUT2D eigenvalue weighted by Crippen LogP contribution is -2.38. The van der Waals surface area contributed by atoms with Crippen LogP contribution in [0.3, 0.4) is 0 Å². The molecule has 1 fully saturated rings. The van der Waals surface area contributed by atoms with E-state index >= 15 is 0 Å². The normalized spacial score (nSPS) is 21.9. The second-order valence-electron chi connectivity index (χ2n) is 7.41. The number of aryl methyl sites for hydroxylation is 1. The average Bonchev–Trinajstić information content (AvgIpc) is 3.08. The zero-order valence-corrected chi connectivity index (χ0v) is 15.4. The van der Waals surface area contributed by atoms with Crippen LogP contribution in [0.4, 0.5) is 10.1 Å². The highest BCUT2D eigenvalue weighted by atomic mass is 19.1. The molecule has 0 bridgehead atoms. The third-order valence-corrected chi connectivity index (χ3v) is 5.77. The number of anilines is 1. The maximum absolute atomic E-state index is 14.1. The Morgan fingerprint density at radius 1 is 1.15 bits per heavy atom. The maximum Gasteiger partial charge on any atom is 0.228 e. The van der Waals surface area contributed by atoms with Crippen molar-refractivity contribution in [3.63, 3.8) is 0 Å². The second kappa shape index (κ2) is 7.14. The topological polar surface area (TPSA) is 40.6 Å². The molecule has 2 aromatic carbocycles. The molecule has 0 N–H and O–H groups in total. The first kappa shape index (κ1) is 17.7. The van der Waals surface area contributed by atoms with Crippen LogP contribution in [0.2, 0.25) is 0 Å². The Labute approximate surface area is 158 Å². The Balaban J connectivity index is 1.52. The molecular weight excluding hydrogens is 343 g/mol. The van der Waals surface area contributed by atoms with E-state index in [-0.39, 0.29) is 36.5 Å². The van der Waals surface area contributed by atoms with Gasteiger partial charge in [-0.1, -0.05) is 36.4 Å². The summed E-state index contributed by atoms with van der Waals surface area (Å²) in [5.74, 6) is -1.11. The molecule has 2 aromatic rings. The molecule has 1 heterocycles. The summed E-state index contributed by atoms with van der Waals surface area (Å²) in [6, 6.07) is 14.5. The first-order chi connectivity index (χ1) is 13.1. The number of hydrogen-bond donors (Lipinski definition) is 0. The van der Waals surface area contributed by atoms with Crippen LogP contribution in [0.1, 0.15) is 36.4 Å². The van der Waals surface area contributed by atoms with Gasteiger partial charge in [0, 0.05) is 20.0 Å². The van der Waals surface area contributed by atoms with Gasteiger partial charge in [0.15, 0.2) is 0 Å². The molecule has 0 radical (unpaired) electrons. The minimum atomic E-state index is -0.437. The molecule has 4 rings (SSSR count). The lowest BCUT2D eigenvalue weighted by molar-refractivity contribution is -0.137. The summed E-state index contributed by atoms with van der Waals surface area (Å²) in [6.07, 6.45) is 3.14. The minimum absolute atomic E-state index is 0.0381. The van der Waals surface area contributed by atoms with Crippen LogP contribution < -0.4 is 4.90 Å². The van der Waals surface area contributed by atoms with E-state index in [9.17, 15) is 14.0 Å². The highest BCUT2D eigenvalue weighted by Gasteiger charge is 2.39. The molecule has 5 heteroatoms. The number of amides is 2. The Morgan fingerprint density at radius 3 is 2.70 bits per heavy atom. The third kappa shape index (κ3) is 3.22. The van der Waals surface area contributed by atoms with Crippen molar-refractivity contribution in [1.82, 2.24) is 4.90 Å². The SMILES string of the molecule is CN(C(=O)[C@H]1CC(=O)N(c2ccccc2F)C1)[C@@H]1CCCc2ccccc21. The number of hydrogen-bond acceptors (Lipinski definition) is 2. The quantitative estimate of drug-likeness (QED) is 0.831. The highest BCUT2D eigenvalue weighted by Crippen LogP contribution is 2.35. The summed E-state index contributed by atoms with van der Waals surface area (Å²) in [4.78, 5) is 28.7. The Hall–Kier alpha value is -2.69. The van der Waals surface area contributed by atoms with Crippen LogP contribution in [-0.2, 0) is 16.0 Å². The molecule has 2 amide bonds. The average molecular weight is 366 g/mol. The number of carbonyl (C=O) groups is 2. The van der Waals surface area contributed by atoms with Crippen molar-refractivity contribution in [1.29, 1.82) is 0 Å². The van der Waals surface area contributed by atoms with E-state index in [0.717, 1.165) is 19.3 Å². The number of benzene rings is 2. The molecule has 2 aliphatic rings. The zero-order chi connectivity index (χ0) is 19.0. The van der Waals surface area contributed by atoms with Crippen molar-refractivity contribution in [2.24, 2.45) is 5.92 Å². The lowest BCUT2D eigenvalue weighted by Gasteiger charge is -2.34. The van der Waals surface area contributed by atoms with Gasteiger partial charge in [0.25, 0.3) is 0 Å². The molecule has 27 heavy (non-hydrogen) atoms. The number of rotatable bonds is 3. The predicted octanol–water partition coefficient (Wildman–Crippen LogP) is 3.71. The first-order valence-corrected chi connectivity index (χ1v) is 9.45. The van der Waals surface area contributed by atoms with Crippen molar-refractivity contribution in [2.75, 3.05) is 18.5 Å². The van der Waals surface area contributed by atoms with E-state index in [1.165, 1.54) is 22.1 Å². The van der Waals surface area contributed by atoms with Gasteiger partial charge in [0.2, 0.25) is 11.8 Å². The zero-order valence-electron chi connectivity index (χ0n) is 15.4. The van der Waals surface area contributed by atoms with E-state index in [1.54, 1.807) is 23.1 Å². The fourth-order valence-electron chi connectivity index (χ4n) is 4.35. The van der Waals surface area contributed by atoms with Gasteiger partial charge in [-0.2, -0.15) is 0 Å². The highest BCUT2D eigenvalue weighted by molar-refractivity contribution is 6.00. The van der Waals surface area contributed by atoms with Crippen LogP contribution >= 0.6 is 0 Å². The van der Waals surface area contributed by atoms with Gasteiger partial charge in [-0.3, -0.25) is 9.59 Å². The van der Waals surface area contributed by atoms with Gasteiger partial charge in [0.1, 0.15) is 5.82 Å². The Morgan fingerprint density at radius 2 is 1.89 bits per heavy atom. The molecule has 1 aliphatic heterocycles. The summed E-state index contributed by atoms with van der Waals surface area (Å²) in [7, 11) is 1.82. The number of para-hydroxylation sites is 1. The lowest BCUT2D eigenvalue weighted by atomic mass is 9.86. The summed E-state index contributed by atoms with van der Waals surface area (Å²) < 4.78 is 14.1. The van der Waals surface area contributed by atoms with Gasteiger partial charge in [-0.25, -0.2) is 4.39 Å². The first-order valence-electron chi connectivity index (χ1n) is 9.45. The smallest absolute Gasteiger partial charge is 0.228 e. The van der Waals surface area contributed by atoms with Crippen LogP contribution in [-0.4, -0.2) is 30.3 Å². The van der Waals surface area contributed by atoms with Gasteiger partial charge < -0.3 is 9.80 Å². The van der Waals surface area contributed by atoms with E-state index in [0.29, 0.717) is 0 Å². The molecular formula is C22H23FN2O2. The predicted molar refractivity (Wildman–Crippen MR) is 102 cm³/mol. The number of fused-ring (bicyclic) bond motifs is 1. The Bertz CT molecular complexity index is 882. The van der Waals surface area contributed by atoms with E-state index in [1.807, 2.05) is 19.2 Å². The van der Waals surface area contributed by atoms with Crippen LogP contribution in [0.5, 0.6) is 0 Å². The summed E-state index contributed by atoms with van der Waals surface area (Å²) in [5, 5.41) is 0. The maximum atomic E-state index is 14.1. The molecule has 1 aliphatic carbocycles. The van der Waals surface area contributed by atoms with Gasteiger partial charge in [0.05, 0.1) is 17.6 Å². The van der Waals surface area contributed by atoms with E-state index in [4.69, 9.17) is 0 Å². The molecule has 0 spiro atoms. The summed E-state index contributed by atoms with van der Waals surface area (Å²) in [5.41, 5.74) is 2.75. The third-order valence-electron chi connectivity index (χ3n) is 5.77. The molecule has 140 valence electrons. The summed E-state index contributed by atoms with van der Waals surface area (Å²) in [6.45, 7) is 0.233. The van der Waals surface area contributed by atoms with Crippen LogP contribution in [0.15, 0.2) is 48.5 Å². The van der Waals surface area contributed by atoms with Gasteiger partial charge in [-0.05, 0) is 42.5 Å². The molecule has 0 saturated carbocycles. The van der Waals surface area contributed by atoms with E-state index < -0.39 is 11.7 Å². The molecule has 1 saturated heterocycles. The van der Waals surface area contributed by atoms with Crippen molar-refractivity contribution in [2.45, 2.75) is 31.7 Å². The largest absolute Gasteiger partial charge is 0.338 e. The number of nitrogens with zero attached hydrogens (tertiary/aromatic N) is 2. The van der Waals surface area contributed by atoms with Crippen LogP contribution in [0, 0.1) is 11.7 Å². The van der Waals surface area contributed by atoms with Crippen molar-refractivity contribution in [3.05, 3.63) is 65.5 Å². The fraction of sp³-hybridized carbons (Fsp3) is 0.364. The van der Waals surface area contributed by atoms with Gasteiger partial charge >= 0.3 is 0 Å². The van der Waals surface area contributed by atoms with Crippen molar-refractivity contribution in [3.8, 4) is 0 Å². The standard InChI is InChI=1S/C22H23FN2O2/c1-24(19-12-6-8-15-7-2-3-9-17(15)19)22(27)16-13-21(26)25(14-16)20-11-5-4-10-18(20)23/h2-5,7,9-11,16,19H,6,8,12-14H2,1H3/t16-,19+/m0/s1. The summed E-state index contributed by atoms with van der Waals surface area (Å²) >= 11 is 0. The van der Waals surface area contributed by atoms with Crippen LogP contribution in [0.25, 0.3) is 0 Å². The van der Waals surface area contributed by atoms with E-state index in [2.05, 4.69) is 12.1 Å². The minimum Gasteiger partial charge on any atom is -0.338 e. The molecule has 0 aromatic heterocycles. The second-order valence-corrected chi connectivity index (χ2v) is 7.41.